The largest absolute Gasteiger partial charge is 0.493 e. The zero-order chi connectivity index (χ0) is 10.1. The van der Waals surface area contributed by atoms with Gasteiger partial charge in [0, 0.05) is 16.9 Å². The third-order valence-electron chi connectivity index (χ3n) is 1.82. The van der Waals surface area contributed by atoms with Gasteiger partial charge in [-0.2, -0.15) is 5.26 Å². The van der Waals surface area contributed by atoms with Crippen molar-refractivity contribution in [3.63, 3.8) is 0 Å². The fourth-order valence-electron chi connectivity index (χ4n) is 1.24. The Morgan fingerprint density at radius 3 is 3.00 bits per heavy atom. The van der Waals surface area contributed by atoms with Gasteiger partial charge in [0.2, 0.25) is 0 Å². The van der Waals surface area contributed by atoms with E-state index >= 15 is 0 Å². The van der Waals surface area contributed by atoms with Gasteiger partial charge in [0.25, 0.3) is 0 Å². The van der Waals surface area contributed by atoms with Crippen molar-refractivity contribution in [3.8, 4) is 11.8 Å². The molecule has 0 radical (unpaired) electrons. The Hall–Kier alpha value is -1.54. The average molecular weight is 252 g/mol. The summed E-state index contributed by atoms with van der Waals surface area (Å²) in [6.07, 6.45) is 3.48. The van der Waals surface area contributed by atoms with Gasteiger partial charge in [-0.1, -0.05) is 0 Å². The molecule has 0 aliphatic heterocycles. The highest BCUT2D eigenvalue weighted by molar-refractivity contribution is 9.10. The fourth-order valence-corrected chi connectivity index (χ4v) is 1.67. The number of nitriles is 1. The Balaban J connectivity index is 2.79. The molecule has 0 aliphatic carbocycles. The first kappa shape index (κ1) is 9.03. The quantitative estimate of drug-likeness (QED) is 0.779. The molecule has 0 aliphatic rings. The molecule has 2 aromatic heterocycles. The van der Waals surface area contributed by atoms with Gasteiger partial charge in [0.15, 0.2) is 17.1 Å². The summed E-state index contributed by atoms with van der Waals surface area (Å²) in [5.74, 6) is 0.640. The van der Waals surface area contributed by atoms with E-state index in [1.54, 1.807) is 17.7 Å². The van der Waals surface area contributed by atoms with Crippen LogP contribution in [0.1, 0.15) is 5.69 Å². The first-order valence-electron chi connectivity index (χ1n) is 3.87. The number of ether oxygens (including phenoxy) is 1. The lowest BCUT2D eigenvalue weighted by atomic mass is 10.4. The first-order valence-corrected chi connectivity index (χ1v) is 4.66. The van der Waals surface area contributed by atoms with Gasteiger partial charge in [-0.05, 0) is 22.0 Å². The summed E-state index contributed by atoms with van der Waals surface area (Å²) in [5, 5.41) is 8.69. The van der Waals surface area contributed by atoms with Crippen molar-refractivity contribution in [2.45, 2.75) is 0 Å². The van der Waals surface area contributed by atoms with Crippen molar-refractivity contribution < 1.29 is 4.74 Å². The van der Waals surface area contributed by atoms with E-state index in [9.17, 15) is 0 Å². The number of pyridine rings is 1. The van der Waals surface area contributed by atoms with Crippen LogP contribution in [0.2, 0.25) is 0 Å². The molecule has 14 heavy (non-hydrogen) atoms. The summed E-state index contributed by atoms with van der Waals surface area (Å²) in [7, 11) is 1.57. The maximum atomic E-state index is 8.69. The van der Waals surface area contributed by atoms with Crippen LogP contribution in [-0.2, 0) is 0 Å². The molecular weight excluding hydrogens is 246 g/mol. The second-order valence-electron chi connectivity index (χ2n) is 2.70. The van der Waals surface area contributed by atoms with E-state index in [1.807, 2.05) is 18.3 Å². The van der Waals surface area contributed by atoms with Gasteiger partial charge in [-0.15, -0.1) is 0 Å². The molecule has 70 valence electrons. The summed E-state index contributed by atoms with van der Waals surface area (Å²) >= 11 is 3.34. The van der Waals surface area contributed by atoms with E-state index in [2.05, 4.69) is 20.9 Å². The third kappa shape index (κ3) is 1.34. The van der Waals surface area contributed by atoms with E-state index in [4.69, 9.17) is 10.00 Å². The van der Waals surface area contributed by atoms with E-state index in [0.29, 0.717) is 17.1 Å². The number of fused-ring (bicyclic) bond motifs is 1. The van der Waals surface area contributed by atoms with Gasteiger partial charge in [-0.25, -0.2) is 4.98 Å². The summed E-state index contributed by atoms with van der Waals surface area (Å²) < 4.78 is 7.77. The molecule has 0 bridgehead atoms. The van der Waals surface area contributed by atoms with Crippen molar-refractivity contribution in [2.75, 3.05) is 7.11 Å². The van der Waals surface area contributed by atoms with Crippen LogP contribution in [0.25, 0.3) is 5.65 Å². The van der Waals surface area contributed by atoms with Crippen molar-refractivity contribution in [2.24, 2.45) is 0 Å². The number of rotatable bonds is 1. The van der Waals surface area contributed by atoms with Crippen molar-refractivity contribution >= 4 is 21.6 Å². The van der Waals surface area contributed by atoms with Crippen molar-refractivity contribution in [1.82, 2.24) is 9.38 Å². The Morgan fingerprint density at radius 1 is 1.57 bits per heavy atom. The zero-order valence-electron chi connectivity index (χ0n) is 7.36. The molecule has 0 atom stereocenters. The third-order valence-corrected chi connectivity index (χ3v) is 2.25. The standard InChI is InChI=1S/C9H6BrN3O/c1-14-8-2-6(10)4-13-5-7(3-11)12-9(8)13/h2,4-5H,1H3. The monoisotopic (exact) mass is 251 g/mol. The topological polar surface area (TPSA) is 50.3 Å². The first-order chi connectivity index (χ1) is 6.74. The maximum absolute atomic E-state index is 8.69. The smallest absolute Gasteiger partial charge is 0.181 e. The summed E-state index contributed by atoms with van der Waals surface area (Å²) in [5.41, 5.74) is 1.02. The Morgan fingerprint density at radius 2 is 2.36 bits per heavy atom. The number of hydrogen-bond acceptors (Lipinski definition) is 3. The van der Waals surface area contributed by atoms with Crippen molar-refractivity contribution in [3.05, 3.63) is 28.6 Å². The molecule has 2 rings (SSSR count). The van der Waals surface area contributed by atoms with Crippen LogP contribution in [0.5, 0.6) is 5.75 Å². The van der Waals surface area contributed by atoms with E-state index in [1.165, 1.54) is 0 Å². The molecular formula is C9H6BrN3O. The summed E-state index contributed by atoms with van der Waals surface area (Å²) in [6.45, 7) is 0. The number of hydrogen-bond donors (Lipinski definition) is 0. The number of aromatic nitrogens is 2. The molecule has 0 saturated heterocycles. The fraction of sp³-hybridized carbons (Fsp3) is 0.111. The Kier molecular flexibility index (Phi) is 2.14. The lowest BCUT2D eigenvalue weighted by molar-refractivity contribution is 0.416. The van der Waals surface area contributed by atoms with E-state index in [0.717, 1.165) is 4.47 Å². The molecule has 4 nitrogen and oxygen atoms in total. The minimum absolute atomic E-state index is 0.376. The number of methoxy groups -OCH3 is 1. The Bertz CT molecular complexity index is 527. The molecule has 0 unspecified atom stereocenters. The van der Waals surface area contributed by atoms with Crippen molar-refractivity contribution in [1.29, 1.82) is 5.26 Å². The predicted octanol–water partition coefficient (Wildman–Crippen LogP) is 1.98. The van der Waals surface area contributed by atoms with E-state index in [-0.39, 0.29) is 0 Å². The normalized spacial score (nSPS) is 10.1. The zero-order valence-corrected chi connectivity index (χ0v) is 8.95. The van der Waals surface area contributed by atoms with Crippen LogP contribution in [0.4, 0.5) is 0 Å². The van der Waals surface area contributed by atoms with Gasteiger partial charge < -0.3 is 9.14 Å². The minimum atomic E-state index is 0.376. The van der Waals surface area contributed by atoms with Gasteiger partial charge >= 0.3 is 0 Å². The highest BCUT2D eigenvalue weighted by Crippen LogP contribution is 2.23. The van der Waals surface area contributed by atoms with Gasteiger partial charge in [0.1, 0.15) is 6.07 Å². The SMILES string of the molecule is COc1cc(Br)cn2cc(C#N)nc12. The van der Waals surface area contributed by atoms with Crippen LogP contribution < -0.4 is 4.74 Å². The Labute approximate surface area is 88.9 Å². The summed E-state index contributed by atoms with van der Waals surface area (Å²) in [4.78, 5) is 4.10. The number of halogens is 1. The number of nitrogens with zero attached hydrogens (tertiary/aromatic N) is 3. The predicted molar refractivity (Wildman–Crippen MR) is 54.2 cm³/mol. The molecule has 0 amide bonds. The molecule has 5 heteroatoms. The second kappa shape index (κ2) is 3.31. The molecule has 0 N–H and O–H groups in total. The highest BCUT2D eigenvalue weighted by atomic mass is 79.9. The minimum Gasteiger partial charge on any atom is -0.493 e. The van der Waals surface area contributed by atoms with Gasteiger partial charge in [0.05, 0.1) is 7.11 Å². The van der Waals surface area contributed by atoms with Crippen LogP contribution in [0.3, 0.4) is 0 Å². The molecule has 0 saturated carbocycles. The van der Waals surface area contributed by atoms with E-state index < -0.39 is 0 Å². The van der Waals surface area contributed by atoms with Crippen LogP contribution in [-0.4, -0.2) is 16.5 Å². The molecule has 2 heterocycles. The lowest BCUT2D eigenvalue weighted by Crippen LogP contribution is -1.89. The molecule has 0 aromatic carbocycles. The van der Waals surface area contributed by atoms with Gasteiger partial charge in [-0.3, -0.25) is 0 Å². The maximum Gasteiger partial charge on any atom is 0.181 e. The average Bonchev–Trinajstić information content (AvgIpc) is 2.59. The number of imidazole rings is 1. The van der Waals surface area contributed by atoms with Crippen LogP contribution in [0.15, 0.2) is 22.9 Å². The summed E-state index contributed by atoms with van der Waals surface area (Å²) in [6, 6.07) is 3.79. The molecule has 0 fully saturated rings. The second-order valence-corrected chi connectivity index (χ2v) is 3.61. The lowest BCUT2D eigenvalue weighted by Gasteiger charge is -2.02. The molecule has 0 spiro atoms. The van der Waals surface area contributed by atoms with Crippen LogP contribution in [0, 0.1) is 11.3 Å². The van der Waals surface area contributed by atoms with Crippen LogP contribution >= 0.6 is 15.9 Å². The molecule has 2 aromatic rings. The highest BCUT2D eigenvalue weighted by Gasteiger charge is 2.07.